The van der Waals surface area contributed by atoms with Gasteiger partial charge < -0.3 is 10.1 Å². The van der Waals surface area contributed by atoms with Gasteiger partial charge in [-0.1, -0.05) is 42.5 Å². The lowest BCUT2D eigenvalue weighted by Gasteiger charge is -2.04. The van der Waals surface area contributed by atoms with Gasteiger partial charge >= 0.3 is 5.97 Å². The Morgan fingerprint density at radius 3 is 2.45 bits per heavy atom. The van der Waals surface area contributed by atoms with Gasteiger partial charge in [-0.15, -0.1) is 11.3 Å². The minimum Gasteiger partial charge on any atom is -0.452 e. The molecule has 0 radical (unpaired) electrons. The number of thiophene rings is 1. The van der Waals surface area contributed by atoms with Gasteiger partial charge in [0.15, 0.2) is 6.61 Å². The van der Waals surface area contributed by atoms with Crippen molar-refractivity contribution in [3.63, 3.8) is 0 Å². The summed E-state index contributed by atoms with van der Waals surface area (Å²) in [5, 5.41) is 9.33. The number of nitrogens with one attached hydrogen (secondary N) is 1. The monoisotopic (exact) mass is 429 g/mol. The van der Waals surface area contributed by atoms with Crippen molar-refractivity contribution < 1.29 is 14.3 Å². The SMILES string of the molecule is O=C(COC(=O)/C=C/c1cn(-c2ccccc2)nc1-c1cccs1)Nc1ccccc1. The Labute approximate surface area is 183 Å². The largest absolute Gasteiger partial charge is 0.452 e. The topological polar surface area (TPSA) is 73.2 Å². The van der Waals surface area contributed by atoms with Crippen LogP contribution in [0.2, 0.25) is 0 Å². The van der Waals surface area contributed by atoms with Crippen LogP contribution in [0.25, 0.3) is 22.3 Å². The van der Waals surface area contributed by atoms with E-state index in [0.717, 1.165) is 21.8 Å². The molecule has 0 spiro atoms. The summed E-state index contributed by atoms with van der Waals surface area (Å²) in [6.07, 6.45) is 4.81. The lowest BCUT2D eigenvalue weighted by atomic mass is 10.2. The van der Waals surface area contributed by atoms with Crippen molar-refractivity contribution in [1.29, 1.82) is 0 Å². The number of esters is 1. The van der Waals surface area contributed by atoms with Gasteiger partial charge in [0.2, 0.25) is 0 Å². The molecule has 0 saturated heterocycles. The molecule has 2 aromatic heterocycles. The molecule has 4 aromatic rings. The van der Waals surface area contributed by atoms with Crippen LogP contribution in [0.1, 0.15) is 5.56 Å². The zero-order valence-electron chi connectivity index (χ0n) is 16.5. The molecule has 2 aromatic carbocycles. The van der Waals surface area contributed by atoms with Crippen molar-refractivity contribution in [1.82, 2.24) is 9.78 Å². The second-order valence-corrected chi connectivity index (χ2v) is 7.49. The molecule has 1 N–H and O–H groups in total. The number of para-hydroxylation sites is 2. The lowest BCUT2D eigenvalue weighted by Crippen LogP contribution is -2.20. The first kappa shape index (κ1) is 20.3. The van der Waals surface area contributed by atoms with Crippen molar-refractivity contribution in [3.8, 4) is 16.3 Å². The van der Waals surface area contributed by atoms with E-state index in [2.05, 4.69) is 10.4 Å². The van der Waals surface area contributed by atoms with E-state index >= 15 is 0 Å². The number of hydrogen-bond acceptors (Lipinski definition) is 5. The Morgan fingerprint density at radius 2 is 1.74 bits per heavy atom. The van der Waals surface area contributed by atoms with Gasteiger partial charge in [0.25, 0.3) is 5.91 Å². The molecule has 1 amide bonds. The Balaban J connectivity index is 1.44. The minimum absolute atomic E-state index is 0.362. The second kappa shape index (κ2) is 9.69. The predicted octanol–water partition coefficient (Wildman–Crippen LogP) is 4.80. The molecule has 0 aliphatic carbocycles. The van der Waals surface area contributed by atoms with Crippen LogP contribution in [0, 0.1) is 0 Å². The highest BCUT2D eigenvalue weighted by Crippen LogP contribution is 2.28. The van der Waals surface area contributed by atoms with E-state index in [1.54, 1.807) is 34.2 Å². The van der Waals surface area contributed by atoms with Crippen LogP contribution in [-0.4, -0.2) is 28.3 Å². The molecule has 154 valence electrons. The van der Waals surface area contributed by atoms with Gasteiger partial charge in [-0.3, -0.25) is 4.79 Å². The van der Waals surface area contributed by atoms with Crippen molar-refractivity contribution in [2.45, 2.75) is 0 Å². The number of anilines is 1. The maximum absolute atomic E-state index is 12.1. The fourth-order valence-electron chi connectivity index (χ4n) is 2.89. The van der Waals surface area contributed by atoms with Gasteiger partial charge in [-0.05, 0) is 41.8 Å². The van der Waals surface area contributed by atoms with Gasteiger partial charge in [0, 0.05) is 23.5 Å². The summed E-state index contributed by atoms with van der Waals surface area (Å²) >= 11 is 1.57. The van der Waals surface area contributed by atoms with E-state index in [4.69, 9.17) is 4.74 Å². The van der Waals surface area contributed by atoms with Crippen molar-refractivity contribution in [2.75, 3.05) is 11.9 Å². The second-order valence-electron chi connectivity index (χ2n) is 6.55. The van der Waals surface area contributed by atoms with Gasteiger partial charge in [0.1, 0.15) is 5.69 Å². The molecular weight excluding hydrogens is 410 g/mol. The van der Waals surface area contributed by atoms with E-state index in [0.29, 0.717) is 5.69 Å². The summed E-state index contributed by atoms with van der Waals surface area (Å²) in [6, 6.07) is 22.7. The van der Waals surface area contributed by atoms with E-state index in [1.807, 2.05) is 72.2 Å². The summed E-state index contributed by atoms with van der Waals surface area (Å²) in [6.45, 7) is -0.362. The first-order valence-electron chi connectivity index (χ1n) is 9.58. The molecule has 4 rings (SSSR count). The van der Waals surface area contributed by atoms with Crippen LogP contribution >= 0.6 is 11.3 Å². The van der Waals surface area contributed by atoms with Crippen LogP contribution in [0.4, 0.5) is 5.69 Å². The van der Waals surface area contributed by atoms with E-state index in [-0.39, 0.29) is 6.61 Å². The minimum atomic E-state index is -0.604. The van der Waals surface area contributed by atoms with Gasteiger partial charge in [-0.2, -0.15) is 5.10 Å². The summed E-state index contributed by atoms with van der Waals surface area (Å²) in [7, 11) is 0. The smallest absolute Gasteiger partial charge is 0.331 e. The van der Waals surface area contributed by atoms with Crippen molar-refractivity contribution in [2.24, 2.45) is 0 Å². The number of nitrogens with zero attached hydrogens (tertiary/aromatic N) is 2. The third-order valence-electron chi connectivity index (χ3n) is 4.32. The molecule has 7 heteroatoms. The quantitative estimate of drug-likeness (QED) is 0.338. The Bertz CT molecular complexity index is 1180. The van der Waals surface area contributed by atoms with E-state index in [9.17, 15) is 9.59 Å². The highest BCUT2D eigenvalue weighted by molar-refractivity contribution is 7.13. The molecule has 6 nitrogen and oxygen atoms in total. The van der Waals surface area contributed by atoms with E-state index in [1.165, 1.54) is 6.08 Å². The average molecular weight is 430 g/mol. The zero-order valence-corrected chi connectivity index (χ0v) is 17.3. The third-order valence-corrected chi connectivity index (χ3v) is 5.20. The Kier molecular flexibility index (Phi) is 6.35. The average Bonchev–Trinajstić information content (AvgIpc) is 3.47. The highest BCUT2D eigenvalue weighted by Gasteiger charge is 2.12. The first-order chi connectivity index (χ1) is 15.2. The van der Waals surface area contributed by atoms with Crippen LogP contribution in [-0.2, 0) is 14.3 Å². The number of ether oxygens (including phenoxy) is 1. The summed E-state index contributed by atoms with van der Waals surface area (Å²) in [5.74, 6) is -1.00. The standard InChI is InChI=1S/C24H19N3O3S/c28-22(25-19-8-3-1-4-9-19)17-30-23(29)14-13-18-16-27(20-10-5-2-6-11-20)26-24(18)21-12-7-15-31-21/h1-16H,17H2,(H,25,28)/b14-13+. The fourth-order valence-corrected chi connectivity index (χ4v) is 3.62. The predicted molar refractivity (Wildman–Crippen MR) is 122 cm³/mol. The molecule has 0 bridgehead atoms. The molecule has 0 aliphatic rings. The molecular formula is C24H19N3O3S. The Hall–Kier alpha value is -3.97. The number of carbonyl (C=O) groups is 2. The normalized spacial score (nSPS) is 10.8. The van der Waals surface area contributed by atoms with Crippen molar-refractivity contribution >= 4 is 35.0 Å². The van der Waals surface area contributed by atoms with Crippen LogP contribution in [0.3, 0.4) is 0 Å². The zero-order chi connectivity index (χ0) is 21.5. The van der Waals surface area contributed by atoms with Gasteiger partial charge in [0.05, 0.1) is 10.6 Å². The molecule has 0 saturated carbocycles. The number of hydrogen-bond donors (Lipinski definition) is 1. The number of amides is 1. The van der Waals surface area contributed by atoms with Crippen LogP contribution < -0.4 is 5.32 Å². The molecule has 0 atom stereocenters. The molecule has 31 heavy (non-hydrogen) atoms. The number of aromatic nitrogens is 2. The van der Waals surface area contributed by atoms with Crippen LogP contribution in [0.5, 0.6) is 0 Å². The first-order valence-corrected chi connectivity index (χ1v) is 10.5. The maximum atomic E-state index is 12.1. The highest BCUT2D eigenvalue weighted by atomic mass is 32.1. The number of benzene rings is 2. The van der Waals surface area contributed by atoms with Crippen molar-refractivity contribution in [3.05, 3.63) is 96.0 Å². The maximum Gasteiger partial charge on any atom is 0.331 e. The summed E-state index contributed by atoms with van der Waals surface area (Å²) < 4.78 is 6.83. The molecule has 2 heterocycles. The lowest BCUT2D eigenvalue weighted by molar-refractivity contribution is -0.142. The van der Waals surface area contributed by atoms with E-state index < -0.39 is 11.9 Å². The number of carbonyl (C=O) groups excluding carboxylic acids is 2. The number of rotatable bonds is 7. The Morgan fingerprint density at radius 1 is 1.00 bits per heavy atom. The molecule has 0 unspecified atom stereocenters. The van der Waals surface area contributed by atoms with Crippen LogP contribution in [0.15, 0.2) is 90.4 Å². The third kappa shape index (κ3) is 5.34. The molecule has 0 fully saturated rings. The molecule has 0 aliphatic heterocycles. The fraction of sp³-hybridized carbons (Fsp3) is 0.0417. The summed E-state index contributed by atoms with van der Waals surface area (Å²) in [4.78, 5) is 25.1. The summed E-state index contributed by atoms with van der Waals surface area (Å²) in [5.41, 5.74) is 3.11. The van der Waals surface area contributed by atoms with Gasteiger partial charge in [-0.25, -0.2) is 9.48 Å².